The van der Waals surface area contributed by atoms with Crippen LogP contribution in [-0.2, 0) is 21.0 Å². The van der Waals surface area contributed by atoms with Crippen LogP contribution in [0.1, 0.15) is 37.4 Å². The Morgan fingerprint density at radius 2 is 1.86 bits per heavy atom. The van der Waals surface area contributed by atoms with Crippen molar-refractivity contribution in [3.05, 3.63) is 88.1 Å². The second-order valence-corrected chi connectivity index (χ2v) is 10.9. The molecule has 0 aliphatic carbocycles. The van der Waals surface area contributed by atoms with Crippen LogP contribution in [0.2, 0.25) is 0 Å². The minimum absolute atomic E-state index is 0.0364. The minimum atomic E-state index is -4.24. The lowest BCUT2D eigenvalue weighted by molar-refractivity contribution is 0.0595. The summed E-state index contributed by atoms with van der Waals surface area (Å²) in [5.41, 5.74) is 8.69. The Morgan fingerprint density at radius 3 is 2.46 bits per heavy atom. The molecule has 2 aromatic carbocycles. The summed E-state index contributed by atoms with van der Waals surface area (Å²) in [5, 5.41) is 1.74. The zero-order valence-corrected chi connectivity index (χ0v) is 22.0. The molecule has 0 amide bonds. The van der Waals surface area contributed by atoms with Gasteiger partial charge in [-0.3, -0.25) is 9.78 Å². The molecule has 0 spiro atoms. The van der Waals surface area contributed by atoms with E-state index >= 15 is 0 Å². The molecule has 2 aromatic heterocycles. The number of ether oxygens (including phenoxy) is 2. The smallest absolute Gasteiger partial charge is 0.339 e. The molecule has 0 atom stereocenters. The highest BCUT2D eigenvalue weighted by Gasteiger charge is 2.34. The lowest BCUT2D eigenvalue weighted by Crippen LogP contribution is -2.19. The number of anilines is 1. The van der Waals surface area contributed by atoms with Gasteiger partial charge in [-0.15, -0.1) is 11.3 Å². The van der Waals surface area contributed by atoms with E-state index in [-0.39, 0.29) is 33.0 Å². The monoisotopic (exact) mass is 536 g/mol. The van der Waals surface area contributed by atoms with E-state index < -0.39 is 15.8 Å². The molecule has 2 N–H and O–H groups in total. The Labute approximate surface area is 218 Å². The van der Waals surface area contributed by atoms with Crippen LogP contribution in [0.15, 0.2) is 70.0 Å². The predicted octanol–water partition coefficient (Wildman–Crippen LogP) is 4.73. The van der Waals surface area contributed by atoms with Crippen molar-refractivity contribution < 1.29 is 27.5 Å². The maximum atomic E-state index is 14.0. The zero-order valence-electron chi connectivity index (χ0n) is 20.3. The largest absolute Gasteiger partial charge is 0.497 e. The van der Waals surface area contributed by atoms with Gasteiger partial charge in [-0.1, -0.05) is 6.07 Å². The third-order valence-electron chi connectivity index (χ3n) is 6.03. The van der Waals surface area contributed by atoms with Gasteiger partial charge in [-0.05, 0) is 65.4 Å². The number of benzene rings is 2. The molecule has 0 aliphatic heterocycles. The molecule has 2 heterocycles. The number of nitrogens with two attached hydrogens (primary N) is 1. The van der Waals surface area contributed by atoms with Gasteiger partial charge in [0.1, 0.15) is 5.75 Å². The van der Waals surface area contributed by atoms with E-state index in [2.05, 4.69) is 4.98 Å². The molecule has 0 radical (unpaired) electrons. The quantitative estimate of drug-likeness (QED) is 0.195. The molecular formula is C27H24N2O6S2. The van der Waals surface area contributed by atoms with E-state index in [1.165, 1.54) is 49.8 Å². The van der Waals surface area contributed by atoms with Gasteiger partial charge >= 0.3 is 5.97 Å². The van der Waals surface area contributed by atoms with Crippen molar-refractivity contribution in [3.8, 4) is 16.2 Å². The van der Waals surface area contributed by atoms with Crippen molar-refractivity contribution in [3.63, 3.8) is 0 Å². The van der Waals surface area contributed by atoms with Gasteiger partial charge in [0, 0.05) is 40.5 Å². The zero-order chi connectivity index (χ0) is 26.7. The van der Waals surface area contributed by atoms with Gasteiger partial charge in [-0.2, -0.15) is 0 Å². The van der Waals surface area contributed by atoms with E-state index in [9.17, 15) is 18.0 Å². The molecular weight excluding hydrogens is 512 g/mol. The van der Waals surface area contributed by atoms with Crippen LogP contribution in [0.25, 0.3) is 10.4 Å². The number of aldehydes is 1. The topological polar surface area (TPSA) is 126 Å². The normalized spacial score (nSPS) is 11.2. The maximum absolute atomic E-state index is 14.0. The summed E-state index contributed by atoms with van der Waals surface area (Å²) in [4.78, 5) is 29.6. The van der Waals surface area contributed by atoms with Gasteiger partial charge in [0.15, 0.2) is 6.29 Å². The molecule has 8 nitrogen and oxygen atoms in total. The molecule has 0 unspecified atom stereocenters. The Kier molecular flexibility index (Phi) is 7.42. The number of carbonyl (C=O) groups excluding carboxylic acids is 2. The van der Waals surface area contributed by atoms with Crippen molar-refractivity contribution in [2.24, 2.45) is 0 Å². The van der Waals surface area contributed by atoms with Crippen molar-refractivity contribution in [2.45, 2.75) is 23.1 Å². The highest BCUT2D eigenvalue weighted by molar-refractivity contribution is 7.91. The van der Waals surface area contributed by atoms with Gasteiger partial charge in [0.05, 0.1) is 29.6 Å². The molecule has 0 bridgehead atoms. The first-order chi connectivity index (χ1) is 17.7. The average molecular weight is 537 g/mol. The summed E-state index contributed by atoms with van der Waals surface area (Å²) in [7, 11) is -1.57. The number of rotatable bonds is 8. The fourth-order valence-electron chi connectivity index (χ4n) is 4.21. The Morgan fingerprint density at radius 1 is 1.14 bits per heavy atom. The first kappa shape index (κ1) is 26.1. The molecule has 0 aliphatic rings. The number of thiophene rings is 1. The van der Waals surface area contributed by atoms with E-state index in [1.54, 1.807) is 42.9 Å². The predicted molar refractivity (Wildman–Crippen MR) is 141 cm³/mol. The number of methoxy groups -OCH3 is 2. The van der Waals surface area contributed by atoms with E-state index in [1.807, 2.05) is 0 Å². The summed E-state index contributed by atoms with van der Waals surface area (Å²) < 4.78 is 38.3. The number of carbonyl (C=O) groups is 2. The van der Waals surface area contributed by atoms with Crippen molar-refractivity contribution in [1.29, 1.82) is 0 Å². The summed E-state index contributed by atoms with van der Waals surface area (Å²) in [6, 6.07) is 11.1. The molecule has 4 rings (SSSR count). The van der Waals surface area contributed by atoms with E-state index in [0.717, 1.165) is 0 Å². The second-order valence-electron chi connectivity index (χ2n) is 8.13. The third-order valence-corrected chi connectivity index (χ3v) is 8.91. The minimum Gasteiger partial charge on any atom is -0.497 e. The first-order valence-electron chi connectivity index (χ1n) is 11.1. The number of nitrogens with zero attached hydrogens (tertiary/aromatic N) is 1. The average Bonchev–Trinajstić information content (AvgIpc) is 3.39. The van der Waals surface area contributed by atoms with Gasteiger partial charge in [0.2, 0.25) is 9.84 Å². The SMILES string of the molecule is COC(=O)c1c(Cc2cccnc2)c(-c2sccc2C=O)c(N)c(C)c1S(=O)(=O)c1ccc(OC)cc1. The van der Waals surface area contributed by atoms with Crippen LogP contribution in [-0.4, -0.2) is 39.9 Å². The van der Waals surface area contributed by atoms with Crippen molar-refractivity contribution in [2.75, 3.05) is 20.0 Å². The number of sulfone groups is 1. The molecule has 4 aromatic rings. The van der Waals surface area contributed by atoms with Gasteiger partial charge < -0.3 is 15.2 Å². The molecule has 10 heteroatoms. The lowest BCUT2D eigenvalue weighted by atomic mass is 9.89. The van der Waals surface area contributed by atoms with Crippen LogP contribution in [0, 0.1) is 6.92 Å². The highest BCUT2D eigenvalue weighted by atomic mass is 32.2. The van der Waals surface area contributed by atoms with E-state index in [0.29, 0.717) is 39.2 Å². The first-order valence-corrected chi connectivity index (χ1v) is 13.4. The standard InChI is InChI=1S/C27H24N2O6S2/c1-16-24(28)22(25-18(15-30)10-12-36-25)21(13-17-5-4-11-29-14-17)23(27(31)35-3)26(16)37(32,33)20-8-6-19(34-2)7-9-20/h4-12,14-15H,13,28H2,1-3H3. The maximum Gasteiger partial charge on any atom is 0.339 e. The molecule has 0 saturated heterocycles. The van der Waals surface area contributed by atoms with Crippen LogP contribution in [0.3, 0.4) is 0 Å². The van der Waals surface area contributed by atoms with Crippen LogP contribution in [0.5, 0.6) is 5.75 Å². The number of aromatic nitrogens is 1. The summed E-state index contributed by atoms with van der Waals surface area (Å²) in [6.07, 6.45) is 4.06. The summed E-state index contributed by atoms with van der Waals surface area (Å²) in [5.74, 6) is -0.352. The second kappa shape index (κ2) is 10.5. The summed E-state index contributed by atoms with van der Waals surface area (Å²) in [6.45, 7) is 1.55. The number of hydrogen-bond donors (Lipinski definition) is 1. The van der Waals surface area contributed by atoms with Crippen LogP contribution in [0.4, 0.5) is 5.69 Å². The third kappa shape index (κ3) is 4.73. The Bertz CT molecular complexity index is 1580. The number of pyridine rings is 1. The fourth-order valence-corrected chi connectivity index (χ4v) is 6.88. The molecule has 0 saturated carbocycles. The molecule has 0 fully saturated rings. The van der Waals surface area contributed by atoms with Crippen LogP contribution >= 0.6 is 11.3 Å². The van der Waals surface area contributed by atoms with Crippen molar-refractivity contribution >= 4 is 39.1 Å². The van der Waals surface area contributed by atoms with Crippen LogP contribution < -0.4 is 10.5 Å². The number of esters is 1. The molecule has 37 heavy (non-hydrogen) atoms. The number of hydrogen-bond acceptors (Lipinski definition) is 9. The van der Waals surface area contributed by atoms with E-state index in [4.69, 9.17) is 15.2 Å². The molecule has 190 valence electrons. The highest BCUT2D eigenvalue weighted by Crippen LogP contribution is 2.44. The Hall–Kier alpha value is -4.02. The lowest BCUT2D eigenvalue weighted by Gasteiger charge is -2.23. The van der Waals surface area contributed by atoms with Gasteiger partial charge in [-0.25, -0.2) is 13.2 Å². The van der Waals surface area contributed by atoms with Gasteiger partial charge in [0.25, 0.3) is 0 Å². The fraction of sp³-hybridized carbons (Fsp3) is 0.148. The Balaban J connectivity index is 2.13. The van der Waals surface area contributed by atoms with Crippen molar-refractivity contribution in [1.82, 2.24) is 4.98 Å². The summed E-state index contributed by atoms with van der Waals surface area (Å²) >= 11 is 1.27. The number of nitrogen functional groups attached to an aromatic ring is 1.